The van der Waals surface area contributed by atoms with Crippen LogP contribution in [0.3, 0.4) is 0 Å². The van der Waals surface area contributed by atoms with Crippen LogP contribution in [0.1, 0.15) is 39.0 Å². The molecule has 64 valence electrons. The molecule has 0 heterocycles. The largest absolute Gasteiger partial charge is 0.389 e. The zero-order chi connectivity index (χ0) is 7.90. The Balaban J connectivity index is 1.78. The zero-order valence-corrected chi connectivity index (χ0v) is 7.14. The fraction of sp³-hybridized carbons (Fsp3) is 1.00. The van der Waals surface area contributed by atoms with Crippen LogP contribution in [-0.2, 0) is 0 Å². The van der Waals surface area contributed by atoms with Crippen LogP contribution >= 0.6 is 0 Å². The molecule has 0 aromatic rings. The van der Waals surface area contributed by atoms with Gasteiger partial charge in [-0.2, -0.15) is 0 Å². The average molecular weight is 155 g/mol. The highest BCUT2D eigenvalue weighted by molar-refractivity contribution is 5.00. The Morgan fingerprint density at radius 1 is 1.36 bits per heavy atom. The van der Waals surface area contributed by atoms with Gasteiger partial charge in [-0.1, -0.05) is 6.42 Å². The molecule has 0 aliphatic heterocycles. The average Bonchev–Trinajstić information content (AvgIpc) is 1.83. The summed E-state index contributed by atoms with van der Waals surface area (Å²) >= 11 is 0. The SMILES string of the molecule is C[C@]1(O)CC[C@@H]1NC1CCC1. The van der Waals surface area contributed by atoms with Gasteiger partial charge in [0.05, 0.1) is 5.60 Å². The van der Waals surface area contributed by atoms with E-state index in [1.807, 2.05) is 6.92 Å². The van der Waals surface area contributed by atoms with Crippen LogP contribution in [-0.4, -0.2) is 22.8 Å². The van der Waals surface area contributed by atoms with Gasteiger partial charge in [-0.15, -0.1) is 0 Å². The maximum atomic E-state index is 9.68. The maximum Gasteiger partial charge on any atom is 0.0772 e. The molecule has 2 saturated carbocycles. The fourth-order valence-electron chi connectivity index (χ4n) is 1.83. The van der Waals surface area contributed by atoms with Crippen LogP contribution in [0.15, 0.2) is 0 Å². The van der Waals surface area contributed by atoms with Crippen LogP contribution in [0.5, 0.6) is 0 Å². The maximum absolute atomic E-state index is 9.68. The molecule has 2 nitrogen and oxygen atoms in total. The van der Waals surface area contributed by atoms with E-state index in [4.69, 9.17) is 0 Å². The van der Waals surface area contributed by atoms with Crippen molar-refractivity contribution >= 4 is 0 Å². The molecule has 11 heavy (non-hydrogen) atoms. The van der Waals surface area contributed by atoms with E-state index >= 15 is 0 Å². The van der Waals surface area contributed by atoms with E-state index in [0.717, 1.165) is 12.8 Å². The minimum Gasteiger partial charge on any atom is -0.389 e. The Bertz CT molecular complexity index is 152. The van der Waals surface area contributed by atoms with Crippen LogP contribution in [0.2, 0.25) is 0 Å². The standard InChI is InChI=1S/C9H17NO/c1-9(11)6-5-8(9)10-7-3-2-4-7/h7-8,10-11H,2-6H2,1H3/t8-,9-/m0/s1. The smallest absolute Gasteiger partial charge is 0.0772 e. The van der Waals surface area contributed by atoms with E-state index < -0.39 is 5.60 Å². The summed E-state index contributed by atoms with van der Waals surface area (Å²) < 4.78 is 0. The van der Waals surface area contributed by atoms with Crippen molar-refractivity contribution in [3.8, 4) is 0 Å². The first-order chi connectivity index (χ1) is 5.18. The molecular weight excluding hydrogens is 138 g/mol. The number of aliphatic hydroxyl groups is 1. The second-order valence-electron chi connectivity index (χ2n) is 4.24. The lowest BCUT2D eigenvalue weighted by molar-refractivity contribution is -0.0588. The van der Waals surface area contributed by atoms with Gasteiger partial charge in [0.2, 0.25) is 0 Å². The van der Waals surface area contributed by atoms with Gasteiger partial charge in [0.1, 0.15) is 0 Å². The first kappa shape index (κ1) is 7.56. The van der Waals surface area contributed by atoms with Gasteiger partial charge in [-0.05, 0) is 32.6 Å². The van der Waals surface area contributed by atoms with Crippen molar-refractivity contribution in [2.75, 3.05) is 0 Å². The third kappa shape index (κ3) is 1.30. The van der Waals surface area contributed by atoms with Crippen LogP contribution in [0.4, 0.5) is 0 Å². The molecule has 0 amide bonds. The highest BCUT2D eigenvalue weighted by Crippen LogP contribution is 2.33. The van der Waals surface area contributed by atoms with Crippen molar-refractivity contribution in [3.05, 3.63) is 0 Å². The molecule has 0 aromatic heterocycles. The molecule has 0 aromatic carbocycles. The van der Waals surface area contributed by atoms with Crippen molar-refractivity contribution in [2.45, 2.75) is 56.7 Å². The quantitative estimate of drug-likeness (QED) is 0.624. The molecule has 0 unspecified atom stereocenters. The Labute approximate surface area is 68.0 Å². The van der Waals surface area contributed by atoms with Crippen molar-refractivity contribution in [1.29, 1.82) is 0 Å². The summed E-state index contributed by atoms with van der Waals surface area (Å²) in [6, 6.07) is 1.10. The third-order valence-corrected chi connectivity index (χ3v) is 3.23. The predicted molar refractivity (Wildman–Crippen MR) is 44.4 cm³/mol. The first-order valence-corrected chi connectivity index (χ1v) is 4.67. The third-order valence-electron chi connectivity index (χ3n) is 3.23. The molecule has 2 N–H and O–H groups in total. The molecule has 2 atom stereocenters. The zero-order valence-electron chi connectivity index (χ0n) is 7.14. The van der Waals surface area contributed by atoms with E-state index in [-0.39, 0.29) is 0 Å². The molecule has 2 rings (SSSR count). The summed E-state index contributed by atoms with van der Waals surface area (Å²) in [7, 11) is 0. The van der Waals surface area contributed by atoms with Crippen LogP contribution < -0.4 is 5.32 Å². The van der Waals surface area contributed by atoms with Gasteiger partial charge in [-0.3, -0.25) is 0 Å². The van der Waals surface area contributed by atoms with E-state index in [1.54, 1.807) is 0 Å². The minimum absolute atomic E-state index is 0.382. The monoisotopic (exact) mass is 155 g/mol. The summed E-state index contributed by atoms with van der Waals surface area (Å²) in [5.74, 6) is 0. The van der Waals surface area contributed by atoms with Gasteiger partial charge >= 0.3 is 0 Å². The Morgan fingerprint density at radius 2 is 2.09 bits per heavy atom. The van der Waals surface area contributed by atoms with Crippen LogP contribution in [0, 0.1) is 0 Å². The lowest BCUT2D eigenvalue weighted by atomic mass is 9.75. The number of hydrogen-bond donors (Lipinski definition) is 2. The summed E-state index contributed by atoms with van der Waals surface area (Å²) in [6.45, 7) is 1.94. The number of nitrogens with one attached hydrogen (secondary N) is 1. The molecule has 0 radical (unpaired) electrons. The van der Waals surface area contributed by atoms with Gasteiger partial charge in [0.15, 0.2) is 0 Å². The Hall–Kier alpha value is -0.0800. The lowest BCUT2D eigenvalue weighted by Crippen LogP contribution is -2.60. The molecule has 2 aliphatic carbocycles. The highest BCUT2D eigenvalue weighted by atomic mass is 16.3. The van der Waals surface area contributed by atoms with Crippen molar-refractivity contribution in [3.63, 3.8) is 0 Å². The summed E-state index contributed by atoms with van der Waals surface area (Å²) in [5, 5.41) is 13.2. The second-order valence-corrected chi connectivity index (χ2v) is 4.24. The Morgan fingerprint density at radius 3 is 2.36 bits per heavy atom. The van der Waals surface area contributed by atoms with Crippen LogP contribution in [0.25, 0.3) is 0 Å². The van der Waals surface area contributed by atoms with Crippen molar-refractivity contribution in [2.24, 2.45) is 0 Å². The van der Waals surface area contributed by atoms with E-state index in [9.17, 15) is 5.11 Å². The molecule has 2 heteroatoms. The molecular formula is C9H17NO. The summed E-state index contributed by atoms with van der Waals surface area (Å²) in [4.78, 5) is 0. The first-order valence-electron chi connectivity index (χ1n) is 4.67. The van der Waals surface area contributed by atoms with Gasteiger partial charge < -0.3 is 10.4 Å². The van der Waals surface area contributed by atoms with E-state index in [1.165, 1.54) is 19.3 Å². The molecule has 2 fully saturated rings. The number of rotatable bonds is 2. The summed E-state index contributed by atoms with van der Waals surface area (Å²) in [6.07, 6.45) is 6.12. The molecule has 0 saturated heterocycles. The normalized spacial score (nSPS) is 44.7. The Kier molecular flexibility index (Phi) is 1.69. The predicted octanol–water partition coefficient (Wildman–Crippen LogP) is 1.04. The van der Waals surface area contributed by atoms with E-state index in [2.05, 4.69) is 5.32 Å². The van der Waals surface area contributed by atoms with Crippen molar-refractivity contribution < 1.29 is 5.11 Å². The fourth-order valence-corrected chi connectivity index (χ4v) is 1.83. The topological polar surface area (TPSA) is 32.3 Å². The highest BCUT2D eigenvalue weighted by Gasteiger charge is 2.42. The minimum atomic E-state index is -0.407. The van der Waals surface area contributed by atoms with Crippen molar-refractivity contribution in [1.82, 2.24) is 5.32 Å². The van der Waals surface area contributed by atoms with Gasteiger partial charge in [-0.25, -0.2) is 0 Å². The van der Waals surface area contributed by atoms with Gasteiger partial charge in [0.25, 0.3) is 0 Å². The van der Waals surface area contributed by atoms with E-state index in [0.29, 0.717) is 12.1 Å². The van der Waals surface area contributed by atoms with Gasteiger partial charge in [0, 0.05) is 12.1 Å². The molecule has 0 bridgehead atoms. The molecule has 0 spiro atoms. The second kappa shape index (κ2) is 2.46. The number of hydrogen-bond acceptors (Lipinski definition) is 2. The summed E-state index contributed by atoms with van der Waals surface area (Å²) in [5.41, 5.74) is -0.407. The molecule has 2 aliphatic rings. The lowest BCUT2D eigenvalue weighted by Gasteiger charge is -2.46.